The van der Waals surface area contributed by atoms with E-state index in [2.05, 4.69) is 29.2 Å². The highest BCUT2D eigenvalue weighted by Crippen LogP contribution is 2.20. The van der Waals surface area contributed by atoms with Crippen LogP contribution in [0.15, 0.2) is 48.5 Å². The van der Waals surface area contributed by atoms with Gasteiger partial charge in [0, 0.05) is 50.1 Å². The SMILES string of the molecule is CN(C)c1ccc(CN(CC2CCCO2)C(=O)c2ccc(Cl)cc2)cc1. The molecule has 1 unspecified atom stereocenters. The van der Waals surface area contributed by atoms with E-state index in [4.69, 9.17) is 16.3 Å². The van der Waals surface area contributed by atoms with E-state index in [1.54, 1.807) is 24.3 Å². The number of hydrogen-bond donors (Lipinski definition) is 0. The minimum absolute atomic E-state index is 0.00820. The van der Waals surface area contributed by atoms with Crippen LogP contribution in [-0.2, 0) is 11.3 Å². The van der Waals surface area contributed by atoms with E-state index < -0.39 is 0 Å². The molecule has 2 aromatic rings. The first-order valence-corrected chi connectivity index (χ1v) is 9.33. The van der Waals surface area contributed by atoms with Gasteiger partial charge in [-0.3, -0.25) is 4.79 Å². The van der Waals surface area contributed by atoms with Gasteiger partial charge < -0.3 is 14.5 Å². The first-order valence-electron chi connectivity index (χ1n) is 8.95. The summed E-state index contributed by atoms with van der Waals surface area (Å²) in [7, 11) is 4.03. The zero-order chi connectivity index (χ0) is 18.5. The van der Waals surface area contributed by atoms with Crippen molar-refractivity contribution in [3.63, 3.8) is 0 Å². The normalized spacial score (nSPS) is 16.5. The van der Waals surface area contributed by atoms with Gasteiger partial charge in [-0.2, -0.15) is 0 Å². The summed E-state index contributed by atoms with van der Waals surface area (Å²) >= 11 is 5.95. The Labute approximate surface area is 160 Å². The van der Waals surface area contributed by atoms with Gasteiger partial charge in [0.25, 0.3) is 5.91 Å². The van der Waals surface area contributed by atoms with Crippen molar-refractivity contribution in [2.75, 3.05) is 32.1 Å². The second kappa shape index (κ2) is 8.56. The van der Waals surface area contributed by atoms with Crippen molar-refractivity contribution >= 4 is 23.2 Å². The van der Waals surface area contributed by atoms with Crippen LogP contribution in [0.4, 0.5) is 5.69 Å². The molecule has 1 saturated heterocycles. The van der Waals surface area contributed by atoms with Gasteiger partial charge in [0.1, 0.15) is 0 Å². The molecular weight excluding hydrogens is 348 g/mol. The standard InChI is InChI=1S/C21H25ClN2O2/c1-23(2)19-11-5-16(6-12-19)14-24(15-20-4-3-13-26-20)21(25)17-7-9-18(22)10-8-17/h5-12,20H,3-4,13-15H2,1-2H3. The number of amides is 1. The van der Waals surface area contributed by atoms with Crippen LogP contribution in [0.3, 0.4) is 0 Å². The largest absolute Gasteiger partial charge is 0.378 e. The second-order valence-corrected chi connectivity index (χ2v) is 7.32. The Morgan fingerprint density at radius 2 is 1.81 bits per heavy atom. The number of nitrogens with zero attached hydrogens (tertiary/aromatic N) is 2. The third kappa shape index (κ3) is 4.77. The monoisotopic (exact) mass is 372 g/mol. The number of halogens is 1. The summed E-state index contributed by atoms with van der Waals surface area (Å²) in [5.74, 6) is 0.00820. The third-order valence-corrected chi connectivity index (χ3v) is 4.90. The first kappa shape index (κ1) is 18.7. The van der Waals surface area contributed by atoms with Crippen LogP contribution in [0.2, 0.25) is 5.02 Å². The molecule has 1 amide bonds. The third-order valence-electron chi connectivity index (χ3n) is 4.65. The molecule has 0 radical (unpaired) electrons. The minimum Gasteiger partial charge on any atom is -0.378 e. The van der Waals surface area contributed by atoms with Crippen LogP contribution in [0.25, 0.3) is 0 Å². The van der Waals surface area contributed by atoms with E-state index in [0.717, 1.165) is 30.7 Å². The Morgan fingerprint density at radius 3 is 2.38 bits per heavy atom. The lowest BCUT2D eigenvalue weighted by Gasteiger charge is -2.26. The van der Waals surface area contributed by atoms with Crippen LogP contribution in [-0.4, -0.2) is 44.2 Å². The predicted octanol–water partition coefficient (Wildman–Crippen LogP) is 4.23. The summed E-state index contributed by atoms with van der Waals surface area (Å²) in [5, 5.41) is 0.631. The molecule has 0 aliphatic carbocycles. The van der Waals surface area contributed by atoms with E-state index in [0.29, 0.717) is 23.7 Å². The Balaban J connectivity index is 1.77. The van der Waals surface area contributed by atoms with Gasteiger partial charge in [-0.1, -0.05) is 23.7 Å². The molecule has 1 aliphatic rings. The summed E-state index contributed by atoms with van der Waals surface area (Å²) in [6.07, 6.45) is 2.18. The maximum atomic E-state index is 13.0. The van der Waals surface area contributed by atoms with Crippen LogP contribution in [0.1, 0.15) is 28.8 Å². The maximum Gasteiger partial charge on any atom is 0.254 e. The van der Waals surface area contributed by atoms with Gasteiger partial charge in [0.15, 0.2) is 0 Å². The van der Waals surface area contributed by atoms with Crippen molar-refractivity contribution in [1.82, 2.24) is 4.90 Å². The molecule has 0 bridgehead atoms. The highest BCUT2D eigenvalue weighted by atomic mass is 35.5. The summed E-state index contributed by atoms with van der Waals surface area (Å²) in [4.78, 5) is 17.0. The second-order valence-electron chi connectivity index (χ2n) is 6.89. The zero-order valence-electron chi connectivity index (χ0n) is 15.3. The summed E-state index contributed by atoms with van der Waals surface area (Å²) < 4.78 is 5.76. The van der Waals surface area contributed by atoms with Crippen molar-refractivity contribution in [3.8, 4) is 0 Å². The Bertz CT molecular complexity index is 723. The van der Waals surface area contributed by atoms with Crippen LogP contribution in [0, 0.1) is 0 Å². The Kier molecular flexibility index (Phi) is 6.17. The average Bonchev–Trinajstić information content (AvgIpc) is 3.15. The molecule has 3 rings (SSSR count). The lowest BCUT2D eigenvalue weighted by atomic mass is 10.1. The van der Waals surface area contributed by atoms with Crippen LogP contribution < -0.4 is 4.90 Å². The molecule has 1 heterocycles. The summed E-state index contributed by atoms with van der Waals surface area (Å²) in [6, 6.07) is 15.4. The van der Waals surface area contributed by atoms with E-state index in [-0.39, 0.29) is 12.0 Å². The fraction of sp³-hybridized carbons (Fsp3) is 0.381. The number of hydrogen-bond acceptors (Lipinski definition) is 3. The van der Waals surface area contributed by atoms with E-state index in [9.17, 15) is 4.79 Å². The van der Waals surface area contributed by atoms with E-state index >= 15 is 0 Å². The smallest absolute Gasteiger partial charge is 0.254 e. The first-order chi connectivity index (χ1) is 12.5. The summed E-state index contributed by atoms with van der Waals surface area (Å²) in [5.41, 5.74) is 2.90. The molecular formula is C21H25ClN2O2. The summed E-state index contributed by atoms with van der Waals surface area (Å²) in [6.45, 7) is 1.96. The van der Waals surface area contributed by atoms with Crippen molar-refractivity contribution in [1.29, 1.82) is 0 Å². The van der Waals surface area contributed by atoms with Gasteiger partial charge >= 0.3 is 0 Å². The van der Waals surface area contributed by atoms with Crippen molar-refractivity contribution < 1.29 is 9.53 Å². The van der Waals surface area contributed by atoms with Gasteiger partial charge in [-0.05, 0) is 54.8 Å². The van der Waals surface area contributed by atoms with Crippen LogP contribution >= 0.6 is 11.6 Å². The van der Waals surface area contributed by atoms with Crippen molar-refractivity contribution in [2.24, 2.45) is 0 Å². The number of ether oxygens (including phenoxy) is 1. The maximum absolute atomic E-state index is 13.0. The Morgan fingerprint density at radius 1 is 1.12 bits per heavy atom. The average molecular weight is 373 g/mol. The minimum atomic E-state index is 0.00820. The van der Waals surface area contributed by atoms with Gasteiger partial charge in [-0.25, -0.2) is 0 Å². The quantitative estimate of drug-likeness (QED) is 0.760. The van der Waals surface area contributed by atoms with E-state index in [1.807, 2.05) is 19.0 Å². The number of anilines is 1. The molecule has 4 nitrogen and oxygen atoms in total. The van der Waals surface area contributed by atoms with Crippen molar-refractivity contribution in [3.05, 3.63) is 64.7 Å². The number of carbonyl (C=O) groups excluding carboxylic acids is 1. The molecule has 0 N–H and O–H groups in total. The molecule has 26 heavy (non-hydrogen) atoms. The fourth-order valence-electron chi connectivity index (χ4n) is 3.15. The van der Waals surface area contributed by atoms with Crippen LogP contribution in [0.5, 0.6) is 0 Å². The van der Waals surface area contributed by atoms with Gasteiger partial charge in [-0.15, -0.1) is 0 Å². The molecule has 0 saturated carbocycles. The number of rotatable bonds is 6. The topological polar surface area (TPSA) is 32.8 Å². The molecule has 5 heteroatoms. The molecule has 138 valence electrons. The molecule has 0 aromatic heterocycles. The van der Waals surface area contributed by atoms with Crippen molar-refractivity contribution in [2.45, 2.75) is 25.5 Å². The van der Waals surface area contributed by atoms with Gasteiger partial charge in [0.2, 0.25) is 0 Å². The zero-order valence-corrected chi connectivity index (χ0v) is 16.1. The molecule has 1 aliphatic heterocycles. The highest BCUT2D eigenvalue weighted by molar-refractivity contribution is 6.30. The molecule has 1 atom stereocenters. The number of benzene rings is 2. The Hall–Kier alpha value is -2.04. The number of carbonyl (C=O) groups is 1. The fourth-order valence-corrected chi connectivity index (χ4v) is 3.27. The molecule has 1 fully saturated rings. The molecule has 0 spiro atoms. The lowest BCUT2D eigenvalue weighted by Crippen LogP contribution is -2.37. The predicted molar refractivity (Wildman–Crippen MR) is 106 cm³/mol. The van der Waals surface area contributed by atoms with Gasteiger partial charge in [0.05, 0.1) is 6.10 Å². The molecule has 2 aromatic carbocycles. The highest BCUT2D eigenvalue weighted by Gasteiger charge is 2.23. The van der Waals surface area contributed by atoms with E-state index in [1.165, 1.54) is 0 Å². The lowest BCUT2D eigenvalue weighted by molar-refractivity contribution is 0.0507.